The molecule has 1 rings (SSSR count). The van der Waals surface area contributed by atoms with Crippen molar-refractivity contribution in [2.45, 2.75) is 19.9 Å². The number of anilines is 1. The summed E-state index contributed by atoms with van der Waals surface area (Å²) in [6.07, 6.45) is 0. The lowest BCUT2D eigenvalue weighted by molar-refractivity contribution is -0.148. The lowest BCUT2D eigenvalue weighted by Gasteiger charge is -2.27. The summed E-state index contributed by atoms with van der Waals surface area (Å²) in [6.45, 7) is 2.67. The molecule has 0 bridgehead atoms. The van der Waals surface area contributed by atoms with Crippen LogP contribution < -0.4 is 16.4 Å². The highest BCUT2D eigenvalue weighted by Gasteiger charge is 2.25. The van der Waals surface area contributed by atoms with E-state index in [1.54, 1.807) is 18.2 Å². The number of hydrogen-bond acceptors (Lipinski definition) is 5. The second-order valence-corrected chi connectivity index (χ2v) is 5.35. The first-order valence-corrected chi connectivity index (χ1v) is 7.63. The number of aliphatic carboxylic acids is 1. The number of carbonyl (C=O) groups is 4. The van der Waals surface area contributed by atoms with Gasteiger partial charge in [0.1, 0.15) is 6.04 Å². The molecule has 3 amide bonds. The monoisotopic (exact) mass is 350 g/mol. The lowest BCUT2D eigenvalue weighted by Crippen LogP contribution is -2.48. The van der Waals surface area contributed by atoms with Crippen LogP contribution >= 0.6 is 0 Å². The van der Waals surface area contributed by atoms with Crippen molar-refractivity contribution in [3.63, 3.8) is 0 Å². The number of para-hydroxylation sites is 1. The van der Waals surface area contributed by atoms with Crippen LogP contribution in [0.15, 0.2) is 24.3 Å². The fourth-order valence-electron chi connectivity index (χ4n) is 2.14. The molecule has 0 aliphatic rings. The Balaban J connectivity index is 2.79. The number of hydrogen-bond donors (Lipinski definition) is 4. The van der Waals surface area contributed by atoms with E-state index in [9.17, 15) is 19.2 Å². The molecule has 25 heavy (non-hydrogen) atoms. The van der Waals surface area contributed by atoms with E-state index in [2.05, 4.69) is 10.6 Å². The number of carboxylic acid groups (broad SMARTS) is 1. The number of nitrogens with one attached hydrogen (secondary N) is 2. The first-order chi connectivity index (χ1) is 11.7. The predicted molar refractivity (Wildman–Crippen MR) is 90.9 cm³/mol. The minimum atomic E-state index is -1.16. The number of carboxylic acids is 1. The van der Waals surface area contributed by atoms with Crippen LogP contribution in [0.4, 0.5) is 5.69 Å². The highest BCUT2D eigenvalue weighted by atomic mass is 16.4. The summed E-state index contributed by atoms with van der Waals surface area (Å²) in [5, 5.41) is 14.5. The predicted octanol–water partition coefficient (Wildman–Crippen LogP) is -0.365. The van der Waals surface area contributed by atoms with Crippen LogP contribution in [0.5, 0.6) is 0 Å². The molecule has 1 aromatic carbocycles. The molecule has 1 unspecified atom stereocenters. The van der Waals surface area contributed by atoms with E-state index in [4.69, 9.17) is 10.8 Å². The molecule has 9 nitrogen and oxygen atoms in total. The van der Waals surface area contributed by atoms with Gasteiger partial charge in [-0.1, -0.05) is 12.1 Å². The maximum Gasteiger partial charge on any atom is 0.326 e. The van der Waals surface area contributed by atoms with Gasteiger partial charge >= 0.3 is 5.97 Å². The van der Waals surface area contributed by atoms with Crippen molar-refractivity contribution in [1.29, 1.82) is 0 Å². The van der Waals surface area contributed by atoms with Crippen LogP contribution in [0.1, 0.15) is 24.2 Å². The summed E-state index contributed by atoms with van der Waals surface area (Å²) in [6, 6.07) is 5.36. The number of benzene rings is 1. The highest BCUT2D eigenvalue weighted by Crippen LogP contribution is 2.14. The minimum Gasteiger partial charge on any atom is -0.480 e. The maximum atomic E-state index is 12.4. The van der Waals surface area contributed by atoms with Crippen LogP contribution in [0.2, 0.25) is 0 Å². The number of rotatable bonds is 9. The van der Waals surface area contributed by atoms with E-state index in [0.717, 1.165) is 4.90 Å². The zero-order valence-corrected chi connectivity index (χ0v) is 14.1. The van der Waals surface area contributed by atoms with Crippen LogP contribution in [0.3, 0.4) is 0 Å². The summed E-state index contributed by atoms with van der Waals surface area (Å²) < 4.78 is 0. The van der Waals surface area contributed by atoms with Gasteiger partial charge < -0.3 is 26.4 Å². The molecule has 9 heteroatoms. The van der Waals surface area contributed by atoms with Gasteiger partial charge in [-0.2, -0.15) is 0 Å². The molecule has 0 saturated heterocycles. The topological polar surface area (TPSA) is 142 Å². The summed E-state index contributed by atoms with van der Waals surface area (Å²) >= 11 is 0. The Morgan fingerprint density at radius 3 is 2.44 bits per heavy atom. The van der Waals surface area contributed by atoms with Crippen molar-refractivity contribution in [3.8, 4) is 0 Å². The molecule has 1 aromatic rings. The van der Waals surface area contributed by atoms with E-state index in [0.29, 0.717) is 5.69 Å². The number of amides is 3. The second kappa shape index (κ2) is 9.26. The highest BCUT2D eigenvalue weighted by molar-refractivity contribution is 5.99. The van der Waals surface area contributed by atoms with Crippen LogP contribution in [-0.4, -0.2) is 59.4 Å². The first kappa shape index (κ1) is 19.9. The van der Waals surface area contributed by atoms with Gasteiger partial charge in [0.05, 0.1) is 12.1 Å². The molecule has 0 heterocycles. The first-order valence-electron chi connectivity index (χ1n) is 7.63. The number of nitrogens with zero attached hydrogens (tertiary/aromatic N) is 1. The Morgan fingerprint density at radius 2 is 1.88 bits per heavy atom. The molecule has 0 fully saturated rings. The van der Waals surface area contributed by atoms with Gasteiger partial charge in [0.2, 0.25) is 11.8 Å². The third-order valence-corrected chi connectivity index (χ3v) is 3.49. The van der Waals surface area contributed by atoms with Crippen LogP contribution in [0.25, 0.3) is 0 Å². The summed E-state index contributed by atoms with van der Waals surface area (Å²) in [5.41, 5.74) is 5.88. The minimum absolute atomic E-state index is 0.0467. The zero-order valence-electron chi connectivity index (χ0n) is 14.1. The van der Waals surface area contributed by atoms with Crippen LogP contribution in [-0.2, 0) is 14.4 Å². The van der Waals surface area contributed by atoms with Gasteiger partial charge in [0.25, 0.3) is 5.91 Å². The van der Waals surface area contributed by atoms with Crippen molar-refractivity contribution in [3.05, 3.63) is 29.8 Å². The average molecular weight is 350 g/mol. The quantitative estimate of drug-likeness (QED) is 0.479. The number of carbonyl (C=O) groups excluding carboxylic acids is 3. The summed E-state index contributed by atoms with van der Waals surface area (Å²) in [4.78, 5) is 47.0. The van der Waals surface area contributed by atoms with Crippen molar-refractivity contribution in [1.82, 2.24) is 10.2 Å². The van der Waals surface area contributed by atoms with Gasteiger partial charge in [0, 0.05) is 25.7 Å². The average Bonchev–Trinajstić information content (AvgIpc) is 2.55. The Kier molecular flexibility index (Phi) is 7.39. The second-order valence-electron chi connectivity index (χ2n) is 5.35. The molecule has 1 atom stereocenters. The molecular formula is C16H22N4O5. The van der Waals surface area contributed by atoms with E-state index < -0.39 is 23.8 Å². The number of nitrogens with two attached hydrogens (primary N) is 1. The van der Waals surface area contributed by atoms with Crippen LogP contribution in [0, 0.1) is 0 Å². The SMILES string of the molecule is CC(=O)NCCN(C(=O)CNc1ccccc1C(N)=O)C(C)C(=O)O. The standard InChI is InChI=1S/C16H22N4O5/c1-10(16(24)25)20(8-7-18-11(2)21)14(22)9-19-13-6-4-3-5-12(13)15(17)23/h3-6,10,19H,7-9H2,1-2H3,(H2,17,23)(H,18,21)(H,24,25). The molecule has 0 radical (unpaired) electrons. The van der Waals surface area contributed by atoms with Crippen molar-refractivity contribution in [2.24, 2.45) is 5.73 Å². The molecule has 0 spiro atoms. The fourth-order valence-corrected chi connectivity index (χ4v) is 2.14. The van der Waals surface area contributed by atoms with E-state index >= 15 is 0 Å². The molecule has 5 N–H and O–H groups in total. The van der Waals surface area contributed by atoms with Gasteiger partial charge in [-0.3, -0.25) is 14.4 Å². The Morgan fingerprint density at radius 1 is 1.24 bits per heavy atom. The van der Waals surface area contributed by atoms with E-state index in [-0.39, 0.29) is 31.1 Å². The maximum absolute atomic E-state index is 12.4. The Labute approximate surface area is 145 Å². The van der Waals surface area contributed by atoms with Crippen molar-refractivity contribution >= 4 is 29.4 Å². The van der Waals surface area contributed by atoms with Gasteiger partial charge in [0.15, 0.2) is 0 Å². The molecule has 0 saturated carbocycles. The molecule has 0 aromatic heterocycles. The van der Waals surface area contributed by atoms with E-state index in [1.165, 1.54) is 19.9 Å². The normalized spacial score (nSPS) is 11.3. The van der Waals surface area contributed by atoms with Crippen molar-refractivity contribution < 1.29 is 24.3 Å². The molecule has 136 valence electrons. The van der Waals surface area contributed by atoms with Gasteiger partial charge in [-0.15, -0.1) is 0 Å². The lowest BCUT2D eigenvalue weighted by atomic mass is 10.1. The van der Waals surface area contributed by atoms with Crippen molar-refractivity contribution in [2.75, 3.05) is 25.0 Å². The molecule has 0 aliphatic heterocycles. The van der Waals surface area contributed by atoms with E-state index in [1.807, 2.05) is 0 Å². The summed E-state index contributed by atoms with van der Waals surface area (Å²) in [7, 11) is 0. The molecular weight excluding hydrogens is 328 g/mol. The van der Waals surface area contributed by atoms with Gasteiger partial charge in [-0.05, 0) is 19.1 Å². The number of primary amides is 1. The third kappa shape index (κ3) is 6.13. The largest absolute Gasteiger partial charge is 0.480 e. The third-order valence-electron chi connectivity index (χ3n) is 3.49. The summed E-state index contributed by atoms with van der Waals surface area (Å²) in [5.74, 6) is -2.56. The smallest absolute Gasteiger partial charge is 0.326 e. The Bertz CT molecular complexity index is 662. The fraction of sp³-hybridized carbons (Fsp3) is 0.375. The molecule has 0 aliphatic carbocycles. The van der Waals surface area contributed by atoms with Gasteiger partial charge in [-0.25, -0.2) is 4.79 Å². The zero-order chi connectivity index (χ0) is 19.0. The Hall–Kier alpha value is -3.10.